The lowest BCUT2D eigenvalue weighted by Crippen LogP contribution is -2.02. The zero-order valence-corrected chi connectivity index (χ0v) is 37.7. The summed E-state index contributed by atoms with van der Waals surface area (Å²) in [7, 11) is 0. The molecule has 0 saturated heterocycles. The van der Waals surface area contributed by atoms with Gasteiger partial charge in [0.05, 0.1) is 62.8 Å². The topological polar surface area (TPSA) is 70.7 Å². The van der Waals surface area contributed by atoms with Crippen LogP contribution in [0.3, 0.4) is 0 Å². The van der Waals surface area contributed by atoms with Crippen LogP contribution in [-0.4, -0.2) is 36.1 Å². The monoisotopic (exact) mass is 942 g/mol. The maximum Gasteiger partial charge on any atom is 0.167 e. The first-order valence-electron chi connectivity index (χ1n) is 19.6. The quantitative estimate of drug-likeness (QED) is 0.152. The van der Waals surface area contributed by atoms with Gasteiger partial charge in [-0.1, -0.05) is 130 Å². The van der Waals surface area contributed by atoms with Crippen molar-refractivity contribution < 1.29 is 4.74 Å². The van der Waals surface area contributed by atoms with Crippen LogP contribution in [0.5, 0.6) is 5.75 Å². The number of aromatic nitrogens is 6. The first-order chi connectivity index (χ1) is 30.7. The number of para-hydroxylation sites is 2. The number of nitrogens with zero attached hydrogens (tertiary/aromatic N) is 6. The Balaban J connectivity index is 0.000000161. The van der Waals surface area contributed by atoms with Crippen molar-refractivity contribution >= 4 is 91.7 Å². The van der Waals surface area contributed by atoms with Crippen LogP contribution in [0.1, 0.15) is 6.92 Å². The molecule has 10 rings (SSSR count). The Morgan fingerprint density at radius 2 is 0.968 bits per heavy atom. The molecule has 0 aliphatic rings. The predicted octanol–water partition coefficient (Wildman–Crippen LogP) is 15.8. The molecule has 4 heterocycles. The normalized spacial score (nSPS) is 11.2. The van der Waals surface area contributed by atoms with Gasteiger partial charge in [-0.25, -0.2) is 19.3 Å². The van der Waals surface area contributed by atoms with E-state index in [4.69, 9.17) is 84.3 Å². The van der Waals surface area contributed by atoms with E-state index in [1.54, 1.807) is 29.1 Å². The van der Waals surface area contributed by atoms with E-state index in [2.05, 4.69) is 16.3 Å². The van der Waals surface area contributed by atoms with Gasteiger partial charge in [0.15, 0.2) is 11.3 Å². The Hall–Kier alpha value is -5.90. The Bertz CT molecular complexity index is 3250. The maximum atomic E-state index is 6.65. The van der Waals surface area contributed by atoms with E-state index in [1.807, 2.05) is 145 Å². The summed E-state index contributed by atoms with van der Waals surface area (Å²) in [5.41, 5.74) is 9.88. The molecule has 13 heteroatoms. The lowest BCUT2D eigenvalue weighted by Gasteiger charge is -2.17. The van der Waals surface area contributed by atoms with E-state index in [-0.39, 0.29) is 0 Å². The van der Waals surface area contributed by atoms with E-state index < -0.39 is 0 Å². The molecule has 0 radical (unpaired) electrons. The molecule has 310 valence electrons. The van der Waals surface area contributed by atoms with Crippen LogP contribution in [0.2, 0.25) is 30.1 Å². The first-order valence-corrected chi connectivity index (χ1v) is 21.9. The predicted molar refractivity (Wildman–Crippen MR) is 261 cm³/mol. The smallest absolute Gasteiger partial charge is 0.167 e. The van der Waals surface area contributed by atoms with Crippen LogP contribution in [0, 0.1) is 0 Å². The largest absolute Gasteiger partial charge is 0.492 e. The number of rotatable bonds is 8. The third kappa shape index (κ3) is 8.74. The van der Waals surface area contributed by atoms with E-state index in [0.717, 1.165) is 66.9 Å². The Morgan fingerprint density at radius 3 is 1.52 bits per heavy atom. The van der Waals surface area contributed by atoms with Gasteiger partial charge in [-0.2, -0.15) is 10.2 Å². The van der Waals surface area contributed by atoms with Gasteiger partial charge < -0.3 is 4.74 Å². The SMILES string of the molecule is CCOc1c(-c2ccc(Cl)cc2)c(-c2ccc(Cl)cc2Cl)nc2c1cnn2-c1ccccc1.Clc1ccc(-c2cc3cnn(-c4ccccc4)c3nc2-c2ccc(Cl)cc2Cl)cc1. The summed E-state index contributed by atoms with van der Waals surface area (Å²) < 4.78 is 9.84. The van der Waals surface area contributed by atoms with Gasteiger partial charge >= 0.3 is 0 Å². The van der Waals surface area contributed by atoms with E-state index >= 15 is 0 Å². The lowest BCUT2D eigenvalue weighted by molar-refractivity contribution is 0.345. The minimum atomic E-state index is 0.476. The summed E-state index contributed by atoms with van der Waals surface area (Å²) in [5, 5.41) is 14.4. The number of fused-ring (bicyclic) bond motifs is 2. The fraction of sp³-hybridized carbons (Fsp3) is 0.0400. The van der Waals surface area contributed by atoms with Crippen molar-refractivity contribution in [3.8, 4) is 61.9 Å². The standard InChI is InChI=1S/C26H18Cl3N3O.C24H14Cl3N3/c1-2-33-25-21-15-30-32(19-6-4-3-5-7-19)26(21)31-24(20-13-12-18(28)14-22(20)29)23(25)16-8-10-17(27)11-9-16;25-17-8-6-15(7-9-17)21-12-16-14-28-30(19-4-2-1-3-5-19)24(16)29-23(21)20-11-10-18(26)13-22(20)27/h3-15H,2H2,1H3;1-14H. The van der Waals surface area contributed by atoms with Crippen LogP contribution in [0.15, 0.2) is 164 Å². The summed E-state index contributed by atoms with van der Waals surface area (Å²) in [6, 6.07) is 47.9. The molecule has 4 aromatic heterocycles. The minimum absolute atomic E-state index is 0.476. The molecule has 6 aromatic carbocycles. The molecule has 0 fully saturated rings. The van der Waals surface area contributed by atoms with Crippen LogP contribution >= 0.6 is 69.6 Å². The highest BCUT2D eigenvalue weighted by Crippen LogP contribution is 2.45. The van der Waals surface area contributed by atoms with Crippen molar-refractivity contribution in [2.45, 2.75) is 6.92 Å². The zero-order chi connectivity index (χ0) is 43.6. The van der Waals surface area contributed by atoms with Crippen LogP contribution < -0.4 is 4.74 Å². The second-order valence-corrected chi connectivity index (χ2v) is 16.7. The molecule has 0 spiro atoms. The summed E-state index contributed by atoms with van der Waals surface area (Å²) >= 11 is 37.8. The molecular weight excluding hydrogens is 913 g/mol. The molecule has 0 aliphatic heterocycles. The van der Waals surface area contributed by atoms with Crippen molar-refractivity contribution in [2.24, 2.45) is 0 Å². The highest BCUT2D eigenvalue weighted by Gasteiger charge is 2.24. The van der Waals surface area contributed by atoms with Gasteiger partial charge in [0.2, 0.25) is 0 Å². The van der Waals surface area contributed by atoms with Gasteiger partial charge in [-0.3, -0.25) is 0 Å². The van der Waals surface area contributed by atoms with Gasteiger partial charge in [-0.15, -0.1) is 0 Å². The number of ether oxygens (including phenoxy) is 1. The lowest BCUT2D eigenvalue weighted by atomic mass is 9.97. The molecule has 63 heavy (non-hydrogen) atoms. The average Bonchev–Trinajstić information content (AvgIpc) is 3.92. The zero-order valence-electron chi connectivity index (χ0n) is 33.2. The number of hydrogen-bond acceptors (Lipinski definition) is 5. The molecule has 7 nitrogen and oxygen atoms in total. The molecule has 0 amide bonds. The van der Waals surface area contributed by atoms with Crippen LogP contribution in [0.25, 0.3) is 78.2 Å². The van der Waals surface area contributed by atoms with Gasteiger partial charge in [0.25, 0.3) is 0 Å². The van der Waals surface area contributed by atoms with Crippen LogP contribution in [0.4, 0.5) is 0 Å². The molecule has 0 atom stereocenters. The van der Waals surface area contributed by atoms with Crippen molar-refractivity contribution in [1.82, 2.24) is 29.5 Å². The van der Waals surface area contributed by atoms with Crippen molar-refractivity contribution in [2.75, 3.05) is 6.61 Å². The Kier molecular flexibility index (Phi) is 12.4. The number of benzene rings is 6. The maximum absolute atomic E-state index is 6.65. The second-order valence-electron chi connectivity index (χ2n) is 14.2. The molecule has 0 bridgehead atoms. The Labute approximate surface area is 393 Å². The highest BCUT2D eigenvalue weighted by molar-refractivity contribution is 6.37. The minimum Gasteiger partial charge on any atom is -0.492 e. The molecule has 0 saturated carbocycles. The highest BCUT2D eigenvalue weighted by atomic mass is 35.5. The van der Waals surface area contributed by atoms with Gasteiger partial charge in [0.1, 0.15) is 5.75 Å². The fourth-order valence-electron chi connectivity index (χ4n) is 7.28. The summed E-state index contributed by atoms with van der Waals surface area (Å²) in [6.07, 6.45) is 3.61. The molecular formula is C50H32Cl6N6O. The third-order valence-corrected chi connectivity index (χ3v) is 11.8. The van der Waals surface area contributed by atoms with Gasteiger partial charge in [-0.05, 0) is 109 Å². The fourth-order valence-corrected chi connectivity index (χ4v) is 8.53. The van der Waals surface area contributed by atoms with Crippen molar-refractivity contribution in [1.29, 1.82) is 0 Å². The van der Waals surface area contributed by atoms with E-state index in [1.165, 1.54) is 0 Å². The average molecular weight is 946 g/mol. The number of halogens is 6. The summed E-state index contributed by atoms with van der Waals surface area (Å²) in [6.45, 7) is 2.43. The summed E-state index contributed by atoms with van der Waals surface area (Å²) in [4.78, 5) is 10.1. The second kappa shape index (κ2) is 18.4. The molecule has 10 aromatic rings. The first kappa shape index (κ1) is 42.4. The van der Waals surface area contributed by atoms with E-state index in [9.17, 15) is 0 Å². The van der Waals surface area contributed by atoms with Crippen LogP contribution in [-0.2, 0) is 0 Å². The Morgan fingerprint density at radius 1 is 0.476 bits per heavy atom. The molecule has 0 N–H and O–H groups in total. The molecule has 0 aliphatic carbocycles. The van der Waals surface area contributed by atoms with E-state index in [0.29, 0.717) is 53.8 Å². The summed E-state index contributed by atoms with van der Waals surface area (Å²) in [5.74, 6) is 0.688. The van der Waals surface area contributed by atoms with Crippen molar-refractivity contribution in [3.63, 3.8) is 0 Å². The van der Waals surface area contributed by atoms with Crippen molar-refractivity contribution in [3.05, 3.63) is 194 Å². The molecule has 0 unspecified atom stereocenters. The van der Waals surface area contributed by atoms with Gasteiger partial charge in [0, 0.05) is 42.2 Å². The number of pyridine rings is 2. The number of hydrogen-bond donors (Lipinski definition) is 0. The third-order valence-electron chi connectivity index (χ3n) is 10.2.